The first kappa shape index (κ1) is 14.4. The van der Waals surface area contributed by atoms with Gasteiger partial charge in [-0.1, -0.05) is 6.92 Å². The van der Waals surface area contributed by atoms with E-state index in [2.05, 4.69) is 0 Å². The molecule has 0 aliphatic heterocycles. The van der Waals surface area contributed by atoms with E-state index in [0.717, 1.165) is 11.5 Å². The first-order chi connectivity index (χ1) is 8.65. The van der Waals surface area contributed by atoms with Gasteiger partial charge in [-0.2, -0.15) is 0 Å². The van der Waals surface area contributed by atoms with Crippen LogP contribution in [-0.2, 0) is 9.53 Å². The van der Waals surface area contributed by atoms with Crippen LogP contribution in [0.4, 0.5) is 0 Å². The average molecular weight is 252 g/mol. The zero-order chi connectivity index (χ0) is 13.4. The fourth-order valence-electron chi connectivity index (χ4n) is 1.47. The molecule has 0 aliphatic rings. The second-order valence-electron chi connectivity index (χ2n) is 4.10. The van der Waals surface area contributed by atoms with Crippen LogP contribution in [0.25, 0.3) is 0 Å². The molecule has 0 N–H and O–H groups in total. The summed E-state index contributed by atoms with van der Waals surface area (Å²) >= 11 is 0. The average Bonchev–Trinajstić information content (AvgIpc) is 2.37. The number of methoxy groups -OCH3 is 1. The molecule has 0 fully saturated rings. The van der Waals surface area contributed by atoms with Crippen LogP contribution >= 0.6 is 0 Å². The van der Waals surface area contributed by atoms with E-state index in [1.165, 1.54) is 0 Å². The van der Waals surface area contributed by atoms with Gasteiger partial charge in [0.15, 0.2) is 0 Å². The highest BCUT2D eigenvalue weighted by atomic mass is 16.5. The molecule has 1 atom stereocenters. The second-order valence-corrected chi connectivity index (χ2v) is 4.10. The Labute approximate surface area is 108 Å². The monoisotopic (exact) mass is 252 g/mol. The van der Waals surface area contributed by atoms with Crippen molar-refractivity contribution in [2.75, 3.05) is 20.3 Å². The number of hydrogen-bond donors (Lipinski definition) is 0. The molecule has 1 unspecified atom stereocenters. The first-order valence-corrected chi connectivity index (χ1v) is 6.08. The lowest BCUT2D eigenvalue weighted by Gasteiger charge is -2.12. The topological polar surface area (TPSA) is 44.8 Å². The lowest BCUT2D eigenvalue weighted by molar-refractivity contribution is -0.144. The van der Waals surface area contributed by atoms with Crippen molar-refractivity contribution < 1.29 is 19.0 Å². The Balaban J connectivity index is 2.32. The third-order valence-electron chi connectivity index (χ3n) is 2.41. The Morgan fingerprint density at radius 3 is 2.39 bits per heavy atom. The number of esters is 1. The minimum atomic E-state index is -0.177. The third kappa shape index (κ3) is 5.08. The Hall–Kier alpha value is -1.71. The molecule has 1 aromatic rings. The minimum Gasteiger partial charge on any atom is -0.497 e. The highest BCUT2D eigenvalue weighted by Crippen LogP contribution is 2.18. The van der Waals surface area contributed by atoms with Crippen molar-refractivity contribution in [3.05, 3.63) is 24.3 Å². The zero-order valence-electron chi connectivity index (χ0n) is 11.1. The van der Waals surface area contributed by atoms with Gasteiger partial charge < -0.3 is 14.2 Å². The van der Waals surface area contributed by atoms with Crippen LogP contribution in [0.15, 0.2) is 24.3 Å². The zero-order valence-corrected chi connectivity index (χ0v) is 11.1. The molecule has 100 valence electrons. The van der Waals surface area contributed by atoms with E-state index in [0.29, 0.717) is 19.6 Å². The van der Waals surface area contributed by atoms with E-state index >= 15 is 0 Å². The molecule has 0 heterocycles. The van der Waals surface area contributed by atoms with Crippen molar-refractivity contribution >= 4 is 5.97 Å². The van der Waals surface area contributed by atoms with Gasteiger partial charge in [-0.15, -0.1) is 0 Å². The Morgan fingerprint density at radius 1 is 1.22 bits per heavy atom. The third-order valence-corrected chi connectivity index (χ3v) is 2.41. The number of carbonyl (C=O) groups is 1. The predicted octanol–water partition coefficient (Wildman–Crippen LogP) is 2.66. The quantitative estimate of drug-likeness (QED) is 0.700. The highest BCUT2D eigenvalue weighted by molar-refractivity contribution is 5.69. The molecule has 0 bridgehead atoms. The van der Waals surface area contributed by atoms with Crippen LogP contribution in [0.1, 0.15) is 20.3 Å². The molecular weight excluding hydrogens is 232 g/mol. The molecule has 0 spiro atoms. The van der Waals surface area contributed by atoms with Gasteiger partial charge in [0.05, 0.1) is 26.7 Å². The molecule has 0 saturated heterocycles. The van der Waals surface area contributed by atoms with Crippen molar-refractivity contribution in [2.45, 2.75) is 20.3 Å². The van der Waals surface area contributed by atoms with Gasteiger partial charge in [0.25, 0.3) is 0 Å². The van der Waals surface area contributed by atoms with Crippen molar-refractivity contribution in [1.82, 2.24) is 0 Å². The van der Waals surface area contributed by atoms with Crippen LogP contribution in [0.2, 0.25) is 0 Å². The summed E-state index contributed by atoms with van der Waals surface area (Å²) in [5, 5.41) is 0. The summed E-state index contributed by atoms with van der Waals surface area (Å²) in [6, 6.07) is 7.36. The molecule has 1 rings (SSSR count). The van der Waals surface area contributed by atoms with Crippen molar-refractivity contribution in [3.63, 3.8) is 0 Å². The molecule has 4 nitrogen and oxygen atoms in total. The molecule has 0 saturated carbocycles. The Morgan fingerprint density at radius 2 is 1.83 bits per heavy atom. The molecule has 0 aliphatic carbocycles. The van der Waals surface area contributed by atoms with Gasteiger partial charge in [0, 0.05) is 5.92 Å². The summed E-state index contributed by atoms with van der Waals surface area (Å²) in [7, 11) is 1.62. The van der Waals surface area contributed by atoms with E-state index in [1.807, 2.05) is 31.2 Å². The van der Waals surface area contributed by atoms with Crippen LogP contribution in [0.3, 0.4) is 0 Å². The second kappa shape index (κ2) is 7.58. The van der Waals surface area contributed by atoms with Crippen molar-refractivity contribution in [3.8, 4) is 11.5 Å². The van der Waals surface area contributed by atoms with Crippen LogP contribution in [-0.4, -0.2) is 26.3 Å². The lowest BCUT2D eigenvalue weighted by atomic mass is 10.1. The molecule has 0 aromatic heterocycles. The highest BCUT2D eigenvalue weighted by Gasteiger charge is 2.10. The maximum absolute atomic E-state index is 11.3. The fraction of sp³-hybridized carbons (Fsp3) is 0.500. The molecule has 1 aromatic carbocycles. The van der Waals surface area contributed by atoms with Gasteiger partial charge in [-0.25, -0.2) is 0 Å². The van der Waals surface area contributed by atoms with E-state index < -0.39 is 0 Å². The SMILES string of the molecule is CCOC(=O)CC(C)COc1ccc(OC)cc1. The summed E-state index contributed by atoms with van der Waals surface area (Å²) in [5.74, 6) is 1.52. The normalized spacial score (nSPS) is 11.7. The predicted molar refractivity (Wildman–Crippen MR) is 68.9 cm³/mol. The van der Waals surface area contributed by atoms with Gasteiger partial charge >= 0.3 is 5.97 Å². The van der Waals surface area contributed by atoms with Crippen LogP contribution in [0.5, 0.6) is 11.5 Å². The van der Waals surface area contributed by atoms with Gasteiger partial charge in [0.2, 0.25) is 0 Å². The summed E-state index contributed by atoms with van der Waals surface area (Å²) in [5.41, 5.74) is 0. The van der Waals surface area contributed by atoms with Crippen molar-refractivity contribution in [2.24, 2.45) is 5.92 Å². The summed E-state index contributed by atoms with van der Waals surface area (Å²) < 4.78 is 15.5. The molecule has 0 radical (unpaired) electrons. The summed E-state index contributed by atoms with van der Waals surface area (Å²) in [4.78, 5) is 11.3. The smallest absolute Gasteiger partial charge is 0.306 e. The summed E-state index contributed by atoms with van der Waals surface area (Å²) in [6.07, 6.45) is 0.379. The standard InChI is InChI=1S/C14H20O4/c1-4-17-14(15)9-11(2)10-18-13-7-5-12(16-3)6-8-13/h5-8,11H,4,9-10H2,1-3H3. The largest absolute Gasteiger partial charge is 0.497 e. The van der Waals surface area contributed by atoms with Crippen LogP contribution in [0, 0.1) is 5.92 Å². The molecule has 0 amide bonds. The first-order valence-electron chi connectivity index (χ1n) is 6.08. The molecule has 18 heavy (non-hydrogen) atoms. The summed E-state index contributed by atoms with van der Waals surface area (Å²) in [6.45, 7) is 4.67. The van der Waals surface area contributed by atoms with Crippen molar-refractivity contribution in [1.29, 1.82) is 0 Å². The molecular formula is C14H20O4. The Kier molecular flexibility index (Phi) is 6.05. The number of hydrogen-bond acceptors (Lipinski definition) is 4. The van der Waals surface area contributed by atoms with E-state index in [-0.39, 0.29) is 11.9 Å². The Bertz CT molecular complexity index is 359. The van der Waals surface area contributed by atoms with Gasteiger partial charge in [-0.05, 0) is 31.2 Å². The van der Waals surface area contributed by atoms with Gasteiger partial charge in [0.1, 0.15) is 11.5 Å². The number of benzene rings is 1. The number of rotatable bonds is 7. The van der Waals surface area contributed by atoms with E-state index in [4.69, 9.17) is 14.2 Å². The maximum atomic E-state index is 11.3. The minimum absolute atomic E-state index is 0.131. The maximum Gasteiger partial charge on any atom is 0.306 e. The van der Waals surface area contributed by atoms with E-state index in [9.17, 15) is 4.79 Å². The lowest BCUT2D eigenvalue weighted by Crippen LogP contribution is -2.15. The van der Waals surface area contributed by atoms with Crippen LogP contribution < -0.4 is 9.47 Å². The van der Waals surface area contributed by atoms with Gasteiger partial charge in [-0.3, -0.25) is 4.79 Å². The number of carbonyl (C=O) groups excluding carboxylic acids is 1. The number of ether oxygens (including phenoxy) is 3. The molecule has 4 heteroatoms. The van der Waals surface area contributed by atoms with E-state index in [1.54, 1.807) is 14.0 Å². The fourth-order valence-corrected chi connectivity index (χ4v) is 1.47.